The molecule has 1 saturated heterocycles. The molecule has 0 saturated carbocycles. The van der Waals surface area contributed by atoms with Crippen LogP contribution >= 0.6 is 24.0 Å². The molecular weight excluding hydrogens is 302 g/mol. The van der Waals surface area contributed by atoms with Gasteiger partial charge in [-0.05, 0) is 31.2 Å². The molecule has 0 aromatic heterocycles. The molecule has 0 spiro atoms. The lowest BCUT2D eigenvalue weighted by Gasteiger charge is -2.12. The van der Waals surface area contributed by atoms with Crippen molar-refractivity contribution in [2.75, 3.05) is 13.1 Å². The Hall–Kier alpha value is -0.400. The number of hydrogen-bond donors (Lipinski definition) is 2. The van der Waals surface area contributed by atoms with Crippen LogP contribution in [0.15, 0.2) is 23.1 Å². The van der Waals surface area contributed by atoms with Crippen LogP contribution in [0.1, 0.15) is 6.42 Å². The minimum atomic E-state index is -3.76. The van der Waals surface area contributed by atoms with Crippen molar-refractivity contribution < 1.29 is 12.8 Å². The first-order valence-corrected chi connectivity index (χ1v) is 7.03. The maximum Gasteiger partial charge on any atom is 0.242 e. The first-order valence-electron chi connectivity index (χ1n) is 5.17. The molecule has 0 amide bonds. The summed E-state index contributed by atoms with van der Waals surface area (Å²) in [6.07, 6.45) is 0.714. The van der Waals surface area contributed by atoms with Crippen LogP contribution < -0.4 is 10.0 Å². The summed E-state index contributed by atoms with van der Waals surface area (Å²) < 4.78 is 39.5. The molecule has 1 aromatic carbocycles. The summed E-state index contributed by atoms with van der Waals surface area (Å²) >= 11 is 5.76. The van der Waals surface area contributed by atoms with E-state index in [0.717, 1.165) is 18.7 Å². The lowest BCUT2D eigenvalue weighted by Crippen LogP contribution is -2.36. The topological polar surface area (TPSA) is 58.2 Å². The zero-order chi connectivity index (χ0) is 12.5. The van der Waals surface area contributed by atoms with E-state index in [1.807, 2.05) is 0 Å². The lowest BCUT2D eigenvalue weighted by atomic mass is 10.3. The van der Waals surface area contributed by atoms with Crippen molar-refractivity contribution in [1.82, 2.24) is 10.0 Å². The Morgan fingerprint density at radius 1 is 1.44 bits per heavy atom. The number of halogens is 3. The average Bonchev–Trinajstić information content (AvgIpc) is 2.73. The fourth-order valence-corrected chi connectivity index (χ4v) is 3.50. The van der Waals surface area contributed by atoms with E-state index in [1.165, 1.54) is 6.07 Å². The van der Waals surface area contributed by atoms with Gasteiger partial charge in [0.25, 0.3) is 0 Å². The van der Waals surface area contributed by atoms with Gasteiger partial charge in [-0.15, -0.1) is 12.4 Å². The summed E-state index contributed by atoms with van der Waals surface area (Å²) in [4.78, 5) is -0.217. The highest BCUT2D eigenvalue weighted by Gasteiger charge is 2.24. The Kier molecular flexibility index (Phi) is 5.36. The van der Waals surface area contributed by atoms with Crippen LogP contribution in [0.2, 0.25) is 5.02 Å². The second kappa shape index (κ2) is 6.16. The molecule has 4 nitrogen and oxygen atoms in total. The predicted molar refractivity (Wildman–Crippen MR) is 70.3 cm³/mol. The van der Waals surface area contributed by atoms with Gasteiger partial charge in [-0.2, -0.15) is 0 Å². The molecule has 0 bridgehead atoms. The summed E-state index contributed by atoms with van der Waals surface area (Å²) in [7, 11) is -3.76. The Morgan fingerprint density at radius 2 is 2.17 bits per heavy atom. The minimum absolute atomic E-state index is 0. The van der Waals surface area contributed by atoms with Gasteiger partial charge in [-0.3, -0.25) is 0 Å². The van der Waals surface area contributed by atoms with Gasteiger partial charge < -0.3 is 5.32 Å². The van der Waals surface area contributed by atoms with Crippen LogP contribution in [0.3, 0.4) is 0 Å². The first-order chi connectivity index (χ1) is 7.99. The molecule has 1 aliphatic heterocycles. The molecular formula is C10H13Cl2FN2O2S. The summed E-state index contributed by atoms with van der Waals surface area (Å²) in [6.45, 7) is 1.34. The standard InChI is InChI=1S/C10H12ClFN2O2S.ClH/c11-9-2-1-7(12)5-10(9)17(15,16)14-8-3-4-13-6-8;/h1-2,5,8,13-14H,3-4,6H2;1H. The van der Waals surface area contributed by atoms with Gasteiger partial charge in [-0.25, -0.2) is 17.5 Å². The third-order valence-electron chi connectivity index (χ3n) is 2.56. The number of hydrogen-bond acceptors (Lipinski definition) is 3. The van der Waals surface area contributed by atoms with E-state index in [-0.39, 0.29) is 28.4 Å². The summed E-state index contributed by atoms with van der Waals surface area (Å²) in [5, 5.41) is 3.06. The molecule has 1 unspecified atom stereocenters. The van der Waals surface area contributed by atoms with E-state index >= 15 is 0 Å². The average molecular weight is 315 g/mol. The molecule has 1 aliphatic rings. The van der Waals surface area contributed by atoms with Gasteiger partial charge in [0, 0.05) is 12.6 Å². The Morgan fingerprint density at radius 3 is 2.78 bits per heavy atom. The number of rotatable bonds is 3. The second-order valence-corrected chi connectivity index (χ2v) is 5.98. The molecule has 1 aromatic rings. The fraction of sp³-hybridized carbons (Fsp3) is 0.400. The van der Waals surface area contributed by atoms with Crippen molar-refractivity contribution in [1.29, 1.82) is 0 Å². The number of benzene rings is 1. The highest BCUT2D eigenvalue weighted by molar-refractivity contribution is 7.89. The van der Waals surface area contributed by atoms with E-state index in [9.17, 15) is 12.8 Å². The summed E-state index contributed by atoms with van der Waals surface area (Å²) in [5.41, 5.74) is 0. The largest absolute Gasteiger partial charge is 0.315 e. The van der Waals surface area contributed by atoms with Gasteiger partial charge in [0.15, 0.2) is 0 Å². The first kappa shape index (κ1) is 15.7. The van der Waals surface area contributed by atoms with Crippen LogP contribution in [-0.4, -0.2) is 27.5 Å². The van der Waals surface area contributed by atoms with Crippen molar-refractivity contribution in [3.8, 4) is 0 Å². The summed E-state index contributed by atoms with van der Waals surface area (Å²) in [5.74, 6) is -0.626. The molecule has 1 fully saturated rings. The van der Waals surface area contributed by atoms with Crippen LogP contribution in [-0.2, 0) is 10.0 Å². The third-order valence-corrected chi connectivity index (χ3v) is 4.57. The van der Waals surface area contributed by atoms with Crippen molar-refractivity contribution in [2.24, 2.45) is 0 Å². The van der Waals surface area contributed by atoms with Gasteiger partial charge in [0.1, 0.15) is 10.7 Å². The third kappa shape index (κ3) is 3.55. The minimum Gasteiger partial charge on any atom is -0.315 e. The predicted octanol–water partition coefficient (Wildman–Crippen LogP) is 1.54. The van der Waals surface area contributed by atoms with Crippen LogP contribution in [0, 0.1) is 5.82 Å². The van der Waals surface area contributed by atoms with E-state index in [2.05, 4.69) is 10.0 Å². The van der Waals surface area contributed by atoms with Gasteiger partial charge in [-0.1, -0.05) is 11.6 Å². The lowest BCUT2D eigenvalue weighted by molar-refractivity contribution is 0.557. The molecule has 8 heteroatoms. The fourth-order valence-electron chi connectivity index (χ4n) is 1.72. The smallest absolute Gasteiger partial charge is 0.242 e. The van der Waals surface area contributed by atoms with Crippen LogP contribution in [0.4, 0.5) is 4.39 Å². The van der Waals surface area contributed by atoms with Crippen molar-refractivity contribution >= 4 is 34.0 Å². The second-order valence-electron chi connectivity index (χ2n) is 3.89. The molecule has 1 atom stereocenters. The Balaban J connectivity index is 0.00000162. The molecule has 0 radical (unpaired) electrons. The molecule has 18 heavy (non-hydrogen) atoms. The zero-order valence-corrected chi connectivity index (χ0v) is 11.7. The summed E-state index contributed by atoms with van der Waals surface area (Å²) in [6, 6.07) is 3.11. The monoisotopic (exact) mass is 314 g/mol. The maximum absolute atomic E-state index is 13.0. The molecule has 2 rings (SSSR count). The van der Waals surface area contributed by atoms with E-state index in [0.29, 0.717) is 13.0 Å². The zero-order valence-electron chi connectivity index (χ0n) is 9.32. The molecule has 2 N–H and O–H groups in total. The van der Waals surface area contributed by atoms with Crippen molar-refractivity contribution in [3.63, 3.8) is 0 Å². The normalized spacial score (nSPS) is 19.6. The molecule has 1 heterocycles. The number of sulfonamides is 1. The maximum atomic E-state index is 13.0. The highest BCUT2D eigenvalue weighted by Crippen LogP contribution is 2.22. The van der Waals surface area contributed by atoms with Crippen LogP contribution in [0.25, 0.3) is 0 Å². The highest BCUT2D eigenvalue weighted by atomic mass is 35.5. The van der Waals surface area contributed by atoms with E-state index in [4.69, 9.17) is 11.6 Å². The molecule has 0 aliphatic carbocycles. The Bertz CT molecular complexity index is 519. The quantitative estimate of drug-likeness (QED) is 0.890. The van der Waals surface area contributed by atoms with Crippen molar-refractivity contribution in [2.45, 2.75) is 17.4 Å². The van der Waals surface area contributed by atoms with Crippen LogP contribution in [0.5, 0.6) is 0 Å². The van der Waals surface area contributed by atoms with Crippen molar-refractivity contribution in [3.05, 3.63) is 29.0 Å². The van der Waals surface area contributed by atoms with Gasteiger partial charge in [0.2, 0.25) is 10.0 Å². The SMILES string of the molecule is Cl.O=S(=O)(NC1CCNC1)c1cc(F)ccc1Cl. The van der Waals surface area contributed by atoms with E-state index in [1.54, 1.807) is 0 Å². The Labute approximate surface area is 116 Å². The molecule has 102 valence electrons. The van der Waals surface area contributed by atoms with Gasteiger partial charge >= 0.3 is 0 Å². The van der Waals surface area contributed by atoms with E-state index < -0.39 is 15.8 Å². The number of nitrogens with one attached hydrogen (secondary N) is 2. The van der Waals surface area contributed by atoms with Gasteiger partial charge in [0.05, 0.1) is 5.02 Å².